The molecule has 0 saturated carbocycles. The van der Waals surface area contributed by atoms with Gasteiger partial charge in [0.2, 0.25) is 0 Å². The number of rotatable bonds is 1. The molecule has 6 heteroatoms. The van der Waals surface area contributed by atoms with Crippen LogP contribution in [0.5, 0.6) is 0 Å². The van der Waals surface area contributed by atoms with Gasteiger partial charge in [0.25, 0.3) is 0 Å². The van der Waals surface area contributed by atoms with Gasteiger partial charge in [-0.2, -0.15) is 0 Å². The van der Waals surface area contributed by atoms with Gasteiger partial charge in [0.05, 0.1) is 5.91 Å². The van der Waals surface area contributed by atoms with Crippen LogP contribution in [0.15, 0.2) is 84.9 Å². The van der Waals surface area contributed by atoms with Gasteiger partial charge < -0.3 is 35.3 Å². The molecule has 0 bridgehead atoms. The quantitative estimate of drug-likeness (QED) is 0.298. The Balaban J connectivity index is 0. The first-order valence-corrected chi connectivity index (χ1v) is 10.1. The number of nitrogens with one attached hydrogen (secondary N) is 1. The van der Waals surface area contributed by atoms with E-state index in [0.717, 1.165) is 9.52 Å². The van der Waals surface area contributed by atoms with Gasteiger partial charge in [-0.05, 0) is 5.56 Å². The van der Waals surface area contributed by atoms with Crippen LogP contribution in [0.1, 0.15) is 10.4 Å². The second-order valence-electron chi connectivity index (χ2n) is 5.51. The molecule has 1 N–H and O–H groups in total. The van der Waals surface area contributed by atoms with E-state index in [-0.39, 0.29) is 46.5 Å². The average Bonchev–Trinajstić information content (AvgIpc) is 3.02. The van der Waals surface area contributed by atoms with E-state index >= 15 is 0 Å². The summed E-state index contributed by atoms with van der Waals surface area (Å²) in [6.07, 6.45) is 0. The average molecular weight is 462 g/mol. The van der Waals surface area contributed by atoms with E-state index in [1.807, 2.05) is 6.07 Å². The molecule has 4 rings (SSSR count). The third-order valence-corrected chi connectivity index (χ3v) is 3.56. The predicted molar refractivity (Wildman–Crippen MR) is 110 cm³/mol. The molecule has 0 aliphatic heterocycles. The Morgan fingerprint density at radius 3 is 1.46 bits per heavy atom. The van der Waals surface area contributed by atoms with Crippen molar-refractivity contribution in [3.63, 3.8) is 0 Å². The van der Waals surface area contributed by atoms with Crippen molar-refractivity contribution < 1.29 is 51.3 Å². The molecule has 0 aromatic heterocycles. The molecule has 0 atom stereocenters. The Bertz CT molecular complexity index is 895. The van der Waals surface area contributed by atoms with Gasteiger partial charge in [0.15, 0.2) is 0 Å². The van der Waals surface area contributed by atoms with Crippen LogP contribution in [0.2, 0.25) is 13.1 Å². The van der Waals surface area contributed by atoms with Crippen LogP contribution in [0, 0.1) is 0 Å². The van der Waals surface area contributed by atoms with Crippen molar-refractivity contribution in [2.75, 3.05) is 0 Å². The normalized spacial score (nSPS) is 8.64. The molecule has 4 aromatic carbocycles. The molecule has 0 fully saturated rings. The van der Waals surface area contributed by atoms with Crippen molar-refractivity contribution in [2.45, 2.75) is 13.1 Å². The Labute approximate surface area is 196 Å². The van der Waals surface area contributed by atoms with Gasteiger partial charge >= 0.3 is 21.7 Å². The van der Waals surface area contributed by atoms with Crippen molar-refractivity contribution in [2.24, 2.45) is 0 Å². The van der Waals surface area contributed by atoms with Crippen LogP contribution in [-0.4, -0.2) is 15.4 Å². The fourth-order valence-corrected chi connectivity index (χ4v) is 2.49. The summed E-state index contributed by atoms with van der Waals surface area (Å²) < 4.78 is 0. The largest absolute Gasteiger partial charge is 4.00 e. The SMILES string of the molecule is C[Si]C.[Cl-].[Cl-].[NH-]C(=O)c1ccccc1.[Ti+4].c1ccc2c(c1)[cH-]c1ccccc12. The van der Waals surface area contributed by atoms with E-state index in [4.69, 9.17) is 5.73 Å². The number of carbonyl (C=O) groups excluding carboxylic acids is 1. The number of fused-ring (bicyclic) bond motifs is 3. The van der Waals surface area contributed by atoms with Gasteiger partial charge in [0.1, 0.15) is 0 Å². The minimum Gasteiger partial charge on any atom is -1.00 e. The number of benzene rings is 3. The van der Waals surface area contributed by atoms with Crippen LogP contribution < -0.4 is 24.8 Å². The Morgan fingerprint density at radius 1 is 0.750 bits per heavy atom. The van der Waals surface area contributed by atoms with E-state index in [9.17, 15) is 4.79 Å². The summed E-state index contributed by atoms with van der Waals surface area (Å²) in [6.45, 7) is 4.31. The molecule has 2 nitrogen and oxygen atoms in total. The monoisotopic (exact) mass is 461 g/mol. The third-order valence-electron chi connectivity index (χ3n) is 3.56. The standard InChI is InChI=1S/C13H9.C7H7NO.C2H6Si.2ClH.Ti/c1-3-7-12-10(5-1)9-11-6-2-4-8-13(11)12;8-7(9)6-4-2-1-3-5-6;1-3-2;;;/h1-9H;1-5H,(H2,8,9);1-2H3;2*1H;/q-1;;;;;+4/p-3. The summed E-state index contributed by atoms with van der Waals surface area (Å²) >= 11 is 0. The fourth-order valence-electron chi connectivity index (χ4n) is 2.49. The van der Waals surface area contributed by atoms with Crippen molar-refractivity contribution in [3.8, 4) is 0 Å². The van der Waals surface area contributed by atoms with Crippen LogP contribution in [0.25, 0.3) is 27.3 Å². The predicted octanol–water partition coefficient (Wildman–Crippen LogP) is 0.383. The maximum Gasteiger partial charge on any atom is 4.00 e. The molecular formula is C22H21Cl2NOSiTi. The van der Waals surface area contributed by atoms with E-state index in [0.29, 0.717) is 5.56 Å². The Kier molecular flexibility index (Phi) is 15.8. The summed E-state index contributed by atoms with van der Waals surface area (Å²) in [5, 5.41) is 5.39. The van der Waals surface area contributed by atoms with Crippen LogP contribution in [-0.2, 0) is 21.7 Å². The topological polar surface area (TPSA) is 40.9 Å². The van der Waals surface area contributed by atoms with Crippen molar-refractivity contribution in [1.29, 1.82) is 0 Å². The maximum absolute atomic E-state index is 10.3. The zero-order valence-corrected chi connectivity index (χ0v) is 19.8. The Hall–Kier alpha value is -1.49. The number of hydrogen-bond acceptors (Lipinski definition) is 1. The number of amides is 1. The van der Waals surface area contributed by atoms with Crippen molar-refractivity contribution in [1.82, 2.24) is 0 Å². The van der Waals surface area contributed by atoms with E-state index in [1.54, 1.807) is 24.3 Å². The molecule has 0 aliphatic carbocycles. The molecule has 0 spiro atoms. The molecule has 0 aliphatic rings. The van der Waals surface area contributed by atoms with Crippen LogP contribution >= 0.6 is 0 Å². The molecule has 0 saturated heterocycles. The van der Waals surface area contributed by atoms with Crippen LogP contribution in [0.3, 0.4) is 0 Å². The molecule has 4 aromatic rings. The maximum atomic E-state index is 10.3. The molecule has 28 heavy (non-hydrogen) atoms. The summed E-state index contributed by atoms with van der Waals surface area (Å²) in [5.41, 5.74) is 7.12. The first-order chi connectivity index (χ1) is 12.2. The van der Waals surface area contributed by atoms with Gasteiger partial charge in [0, 0.05) is 9.52 Å². The summed E-state index contributed by atoms with van der Waals surface area (Å²) in [5.74, 6) is -0.629. The first kappa shape index (κ1) is 28.7. The van der Waals surface area contributed by atoms with Gasteiger partial charge in [-0.15, -0.1) is 39.7 Å². The minimum absolute atomic E-state index is 0. The van der Waals surface area contributed by atoms with E-state index < -0.39 is 5.91 Å². The molecule has 142 valence electrons. The summed E-state index contributed by atoms with van der Waals surface area (Å²) in [6, 6.07) is 27.8. The van der Waals surface area contributed by atoms with Gasteiger partial charge in [-0.25, -0.2) is 0 Å². The smallest absolute Gasteiger partial charge is 1.00 e. The zero-order valence-electron chi connectivity index (χ0n) is 15.7. The summed E-state index contributed by atoms with van der Waals surface area (Å²) in [4.78, 5) is 10.3. The fraction of sp³-hybridized carbons (Fsp3) is 0.0909. The van der Waals surface area contributed by atoms with Gasteiger partial charge in [-0.3, -0.25) is 0 Å². The van der Waals surface area contributed by atoms with Crippen molar-refractivity contribution in [3.05, 3.63) is 96.2 Å². The molecule has 2 radical (unpaired) electrons. The Morgan fingerprint density at radius 2 is 1.11 bits per heavy atom. The second kappa shape index (κ2) is 15.4. The zero-order chi connectivity index (χ0) is 18.1. The number of halogens is 2. The molecule has 0 heterocycles. The number of hydrogen-bond donors (Lipinski definition) is 0. The van der Waals surface area contributed by atoms with E-state index in [2.05, 4.69) is 67.7 Å². The van der Waals surface area contributed by atoms with Crippen molar-refractivity contribution >= 4 is 37.0 Å². The van der Waals surface area contributed by atoms with Crippen LogP contribution in [0.4, 0.5) is 0 Å². The minimum atomic E-state index is -0.629. The second-order valence-corrected chi connectivity index (χ2v) is 6.51. The summed E-state index contributed by atoms with van der Waals surface area (Å²) in [7, 11) is 1.08. The van der Waals surface area contributed by atoms with Gasteiger partial charge in [-0.1, -0.05) is 79.8 Å². The van der Waals surface area contributed by atoms with E-state index in [1.165, 1.54) is 21.5 Å². The molecule has 1 amide bonds. The number of carbonyl (C=O) groups is 1. The molecular weight excluding hydrogens is 441 g/mol. The third kappa shape index (κ3) is 8.26. The first-order valence-electron chi connectivity index (χ1n) is 8.10. The molecule has 0 unspecified atom stereocenters.